The molecule has 0 aliphatic heterocycles. The first-order valence-electron chi connectivity index (χ1n) is 5.16. The van der Waals surface area contributed by atoms with Crippen LogP contribution in [0.4, 0.5) is 0 Å². The summed E-state index contributed by atoms with van der Waals surface area (Å²) in [4.78, 5) is 2.87. The molecule has 1 rings (SSSR count). The molecule has 0 bridgehead atoms. The first-order chi connectivity index (χ1) is 8.46. The standard InChI is InChI=1S/C8H14N2O3S.ClH.H2O4S/c1-3-4-8(14(11,12)13)10-6-5-9-7(10)2;;1-5(2,3)4/h5-6,8H,3-4H2,1-2H3,(H,11,12,13);1H;(H2,1,2,3,4). The van der Waals surface area contributed by atoms with Gasteiger partial charge in [-0.3, -0.25) is 9.11 Å². The Hall–Kier alpha value is -0.720. The third-order valence-electron chi connectivity index (χ3n) is 2.10. The van der Waals surface area contributed by atoms with E-state index < -0.39 is 25.9 Å². The van der Waals surface area contributed by atoms with Crippen LogP contribution in [0.25, 0.3) is 0 Å². The van der Waals surface area contributed by atoms with E-state index in [1.54, 1.807) is 19.3 Å². The second kappa shape index (κ2) is 8.54. The van der Waals surface area contributed by atoms with Crippen LogP contribution in [0.1, 0.15) is 31.0 Å². The van der Waals surface area contributed by atoms with Gasteiger partial charge in [-0.1, -0.05) is 13.3 Å². The van der Waals surface area contributed by atoms with Gasteiger partial charge in [-0.05, 0) is 0 Å². The van der Waals surface area contributed by atoms with E-state index in [0.717, 1.165) is 0 Å². The molecule has 0 amide bonds. The minimum absolute atomic E-state index is 0. The highest BCUT2D eigenvalue weighted by Gasteiger charge is 2.29. The van der Waals surface area contributed by atoms with Crippen molar-refractivity contribution in [3.8, 4) is 0 Å². The average molecular weight is 353 g/mol. The van der Waals surface area contributed by atoms with E-state index in [1.165, 1.54) is 4.57 Å². The molecule has 9 nitrogen and oxygen atoms in total. The molecule has 0 saturated heterocycles. The van der Waals surface area contributed by atoms with Crippen LogP contribution in [-0.2, 0) is 20.5 Å². The predicted molar refractivity (Wildman–Crippen MR) is 70.8 cm³/mol. The lowest BCUT2D eigenvalue weighted by atomic mass is 10.3. The molecule has 0 fully saturated rings. The SMILES string of the molecule is CCCC([n+]1cc[nH]c1C)S(=O)(=O)O.Cl.O=S(=O)([O-])O. The fourth-order valence-electron chi connectivity index (χ4n) is 1.41. The number of hydrogen-bond donors (Lipinski definition) is 3. The van der Waals surface area contributed by atoms with Crippen molar-refractivity contribution >= 4 is 32.9 Å². The highest BCUT2D eigenvalue weighted by atomic mass is 35.5. The molecular weight excluding hydrogens is 336 g/mol. The van der Waals surface area contributed by atoms with E-state index in [-0.39, 0.29) is 12.4 Å². The number of nitrogens with one attached hydrogen (secondary N) is 1. The molecule has 0 radical (unpaired) electrons. The summed E-state index contributed by atoms with van der Waals surface area (Å²) < 4.78 is 65.6. The third kappa shape index (κ3) is 9.23. The van der Waals surface area contributed by atoms with Crippen LogP contribution in [0.2, 0.25) is 0 Å². The smallest absolute Gasteiger partial charge is 0.307 e. The first kappa shape index (κ1) is 21.6. The molecular formula is C8H17ClN2O7S2. The number of hydrogen-bond acceptors (Lipinski definition) is 5. The Morgan fingerprint density at radius 2 is 1.80 bits per heavy atom. The largest absolute Gasteiger partial charge is 0.726 e. The van der Waals surface area contributed by atoms with Gasteiger partial charge in [0.1, 0.15) is 12.4 Å². The summed E-state index contributed by atoms with van der Waals surface area (Å²) in [6.45, 7) is 3.63. The summed E-state index contributed by atoms with van der Waals surface area (Å²) in [5.74, 6) is 0.709. The Balaban J connectivity index is 0. The molecule has 1 aromatic rings. The Bertz CT molecular complexity index is 588. The van der Waals surface area contributed by atoms with Crippen molar-refractivity contribution in [2.45, 2.75) is 32.1 Å². The topological polar surface area (TPSA) is 151 Å². The van der Waals surface area contributed by atoms with Gasteiger partial charge in [0.05, 0.1) is 0 Å². The molecule has 0 aliphatic carbocycles. The van der Waals surface area contributed by atoms with Crippen molar-refractivity contribution in [2.24, 2.45) is 0 Å². The molecule has 1 aromatic heterocycles. The molecule has 120 valence electrons. The maximum Gasteiger partial charge on any atom is 0.307 e. The molecule has 0 aromatic carbocycles. The van der Waals surface area contributed by atoms with E-state index in [4.69, 9.17) is 22.1 Å². The number of nitrogens with zero attached hydrogens (tertiary/aromatic N) is 1. The molecule has 1 unspecified atom stereocenters. The number of aryl methyl sites for hydroxylation is 1. The molecule has 1 atom stereocenters. The number of imidazole rings is 1. The normalized spacial score (nSPS) is 12.8. The van der Waals surface area contributed by atoms with Crippen LogP contribution in [0.15, 0.2) is 12.4 Å². The van der Waals surface area contributed by atoms with Gasteiger partial charge in [0.25, 0.3) is 5.82 Å². The fourth-order valence-corrected chi connectivity index (χ4v) is 2.46. The van der Waals surface area contributed by atoms with Crippen LogP contribution in [-0.4, -0.2) is 35.5 Å². The zero-order valence-electron chi connectivity index (χ0n) is 10.8. The first-order valence-corrected chi connectivity index (χ1v) is 8.03. The lowest BCUT2D eigenvalue weighted by Gasteiger charge is -2.09. The van der Waals surface area contributed by atoms with E-state index >= 15 is 0 Å². The minimum atomic E-state index is -4.92. The van der Waals surface area contributed by atoms with Crippen molar-refractivity contribution in [1.82, 2.24) is 4.98 Å². The van der Waals surface area contributed by atoms with Gasteiger partial charge in [-0.15, -0.1) is 12.4 Å². The predicted octanol–water partition coefficient (Wildman–Crippen LogP) is 0.224. The summed E-state index contributed by atoms with van der Waals surface area (Å²) in [5.41, 5.74) is 0. The molecule has 12 heteroatoms. The van der Waals surface area contributed by atoms with Crippen molar-refractivity contribution in [3.63, 3.8) is 0 Å². The molecule has 0 spiro atoms. The van der Waals surface area contributed by atoms with Crippen molar-refractivity contribution in [3.05, 3.63) is 18.2 Å². The number of aromatic nitrogens is 2. The van der Waals surface area contributed by atoms with Crippen LogP contribution in [0.5, 0.6) is 0 Å². The Kier molecular flexibility index (Phi) is 9.21. The second-order valence-corrected chi connectivity index (χ2v) is 6.07. The molecule has 1 heterocycles. The lowest BCUT2D eigenvalue weighted by molar-refractivity contribution is -0.707. The maximum absolute atomic E-state index is 11.1. The van der Waals surface area contributed by atoms with Crippen LogP contribution < -0.4 is 4.57 Å². The monoisotopic (exact) mass is 352 g/mol. The van der Waals surface area contributed by atoms with E-state index in [1.807, 2.05) is 6.92 Å². The summed E-state index contributed by atoms with van der Waals surface area (Å²) >= 11 is 0. The van der Waals surface area contributed by atoms with Gasteiger partial charge in [-0.2, -0.15) is 8.42 Å². The summed E-state index contributed by atoms with van der Waals surface area (Å²) in [5, 5.41) is -0.876. The van der Waals surface area contributed by atoms with E-state index in [2.05, 4.69) is 4.98 Å². The molecule has 0 aliphatic rings. The fraction of sp³-hybridized carbons (Fsp3) is 0.625. The number of halogens is 1. The number of rotatable bonds is 4. The van der Waals surface area contributed by atoms with Crippen LogP contribution >= 0.6 is 12.4 Å². The highest BCUT2D eigenvalue weighted by Crippen LogP contribution is 2.13. The van der Waals surface area contributed by atoms with Crippen LogP contribution in [0, 0.1) is 6.92 Å². The summed E-state index contributed by atoms with van der Waals surface area (Å²) in [6.07, 6.45) is 4.36. The van der Waals surface area contributed by atoms with Gasteiger partial charge in [0.2, 0.25) is 15.8 Å². The molecule has 0 saturated carbocycles. The lowest BCUT2D eigenvalue weighted by Crippen LogP contribution is -2.44. The van der Waals surface area contributed by atoms with Crippen molar-refractivity contribution < 1.29 is 35.1 Å². The quantitative estimate of drug-likeness (QED) is 0.398. The Labute approximate surface area is 123 Å². The summed E-state index contributed by atoms with van der Waals surface area (Å²) in [7, 11) is -8.95. The zero-order valence-corrected chi connectivity index (χ0v) is 13.2. The second-order valence-electron chi connectivity index (χ2n) is 3.64. The Morgan fingerprint density at radius 1 is 1.35 bits per heavy atom. The number of H-pyrrole nitrogens is 1. The Morgan fingerprint density at radius 3 is 2.05 bits per heavy atom. The summed E-state index contributed by atoms with van der Waals surface area (Å²) in [6, 6.07) is 0. The van der Waals surface area contributed by atoms with Gasteiger partial charge >= 0.3 is 10.1 Å². The van der Waals surface area contributed by atoms with E-state index in [0.29, 0.717) is 18.7 Å². The van der Waals surface area contributed by atoms with Crippen molar-refractivity contribution in [2.75, 3.05) is 0 Å². The minimum Gasteiger partial charge on any atom is -0.726 e. The van der Waals surface area contributed by atoms with Crippen molar-refractivity contribution in [1.29, 1.82) is 0 Å². The molecule has 20 heavy (non-hydrogen) atoms. The third-order valence-corrected chi connectivity index (χ3v) is 3.25. The number of aromatic amines is 1. The van der Waals surface area contributed by atoms with Gasteiger partial charge in [-0.25, -0.2) is 18.0 Å². The van der Waals surface area contributed by atoms with Gasteiger partial charge in [0.15, 0.2) is 0 Å². The molecule has 3 N–H and O–H groups in total. The zero-order chi connectivity index (χ0) is 15.3. The van der Waals surface area contributed by atoms with Gasteiger partial charge < -0.3 is 4.55 Å². The van der Waals surface area contributed by atoms with Crippen LogP contribution in [0.3, 0.4) is 0 Å². The average Bonchev–Trinajstić information content (AvgIpc) is 2.56. The van der Waals surface area contributed by atoms with E-state index in [9.17, 15) is 8.42 Å². The maximum atomic E-state index is 11.1. The van der Waals surface area contributed by atoms with Gasteiger partial charge in [0, 0.05) is 13.3 Å². The highest BCUT2D eigenvalue weighted by molar-refractivity contribution is 7.85.